The van der Waals surface area contributed by atoms with Gasteiger partial charge in [-0.2, -0.15) is 4.31 Å². The summed E-state index contributed by atoms with van der Waals surface area (Å²) in [5, 5.41) is 0. The summed E-state index contributed by atoms with van der Waals surface area (Å²) in [5.74, 6) is -0.142. The first kappa shape index (κ1) is 18.9. The fraction of sp³-hybridized carbons (Fsp3) is 0.588. The topological polar surface area (TPSA) is 60.9 Å². The lowest BCUT2D eigenvalue weighted by Crippen LogP contribution is -2.50. The lowest BCUT2D eigenvalue weighted by molar-refractivity contribution is -0.132. The molecule has 1 saturated heterocycles. The molecule has 0 bridgehead atoms. The summed E-state index contributed by atoms with van der Waals surface area (Å²) in [4.78, 5) is 16.6. The van der Waals surface area contributed by atoms with E-state index in [0.717, 1.165) is 18.7 Å². The summed E-state index contributed by atoms with van der Waals surface area (Å²) in [7, 11) is -0.197. The number of aryl methyl sites for hydroxylation is 3. The van der Waals surface area contributed by atoms with Crippen molar-refractivity contribution in [3.8, 4) is 0 Å². The molecule has 0 spiro atoms. The van der Waals surface area contributed by atoms with Gasteiger partial charge in [0.2, 0.25) is 15.9 Å². The van der Waals surface area contributed by atoms with E-state index < -0.39 is 10.0 Å². The summed E-state index contributed by atoms with van der Waals surface area (Å²) in [5.41, 5.74) is 2.46. The highest BCUT2D eigenvalue weighted by atomic mass is 32.2. The van der Waals surface area contributed by atoms with E-state index in [1.807, 2.05) is 26.1 Å². The Balaban J connectivity index is 2.16. The fourth-order valence-corrected chi connectivity index (χ4v) is 4.68. The number of hydrogen-bond donors (Lipinski definition) is 0. The Hall–Kier alpha value is -1.44. The van der Waals surface area contributed by atoms with Crippen LogP contribution in [0.5, 0.6) is 0 Å². The van der Waals surface area contributed by atoms with Crippen LogP contribution >= 0.6 is 0 Å². The smallest absolute Gasteiger partial charge is 0.243 e. The van der Waals surface area contributed by atoms with Gasteiger partial charge in [-0.1, -0.05) is 17.7 Å². The molecule has 1 aliphatic heterocycles. The molecule has 1 heterocycles. The number of piperazine rings is 1. The summed E-state index contributed by atoms with van der Waals surface area (Å²) in [6.45, 7) is 8.33. The average Bonchev–Trinajstić information content (AvgIpc) is 2.46. The minimum absolute atomic E-state index is 0.126. The van der Waals surface area contributed by atoms with Crippen molar-refractivity contribution in [1.82, 2.24) is 14.1 Å². The van der Waals surface area contributed by atoms with Gasteiger partial charge in [-0.05, 0) is 38.9 Å². The fourth-order valence-electron chi connectivity index (χ4n) is 3.16. The van der Waals surface area contributed by atoms with Gasteiger partial charge in [-0.15, -0.1) is 0 Å². The summed E-state index contributed by atoms with van der Waals surface area (Å²) in [6, 6.07) is 3.71. The monoisotopic (exact) mass is 353 g/mol. The predicted octanol–water partition coefficient (Wildman–Crippen LogP) is 1.01. The molecule has 0 unspecified atom stereocenters. The Kier molecular flexibility index (Phi) is 5.67. The number of sulfonamides is 1. The van der Waals surface area contributed by atoms with E-state index in [-0.39, 0.29) is 12.5 Å². The van der Waals surface area contributed by atoms with E-state index in [0.29, 0.717) is 29.1 Å². The van der Waals surface area contributed by atoms with Crippen LogP contribution in [0, 0.1) is 20.8 Å². The third-order valence-corrected chi connectivity index (χ3v) is 6.60. The Morgan fingerprint density at radius 1 is 1.08 bits per heavy atom. The van der Waals surface area contributed by atoms with Crippen LogP contribution in [0.3, 0.4) is 0 Å². The second-order valence-electron chi connectivity index (χ2n) is 6.67. The van der Waals surface area contributed by atoms with Crippen LogP contribution in [0.25, 0.3) is 0 Å². The molecule has 1 aromatic rings. The molecule has 0 N–H and O–H groups in total. The van der Waals surface area contributed by atoms with Crippen molar-refractivity contribution in [3.05, 3.63) is 28.8 Å². The van der Waals surface area contributed by atoms with Gasteiger partial charge in [0.15, 0.2) is 0 Å². The van der Waals surface area contributed by atoms with Gasteiger partial charge in [0.05, 0.1) is 11.4 Å². The number of rotatable bonds is 4. The van der Waals surface area contributed by atoms with Gasteiger partial charge in [0.25, 0.3) is 0 Å². The van der Waals surface area contributed by atoms with Crippen molar-refractivity contribution in [2.75, 3.05) is 46.8 Å². The normalized spacial score (nSPS) is 16.7. The summed E-state index contributed by atoms with van der Waals surface area (Å²) >= 11 is 0. The van der Waals surface area contributed by atoms with Gasteiger partial charge >= 0.3 is 0 Å². The summed E-state index contributed by atoms with van der Waals surface area (Å²) in [6.07, 6.45) is 0. The third-order valence-electron chi connectivity index (χ3n) is 4.49. The van der Waals surface area contributed by atoms with Crippen molar-refractivity contribution in [1.29, 1.82) is 0 Å². The van der Waals surface area contributed by atoms with Crippen LogP contribution < -0.4 is 0 Å². The SMILES string of the molecule is Cc1cc(C)c(S(=O)(=O)N(C)CC(=O)N2CCN(C)CC2)c(C)c1. The third kappa shape index (κ3) is 3.96. The van der Waals surface area contributed by atoms with Crippen LogP contribution in [-0.4, -0.2) is 75.2 Å². The van der Waals surface area contributed by atoms with Crippen molar-refractivity contribution in [2.24, 2.45) is 0 Å². The highest BCUT2D eigenvalue weighted by molar-refractivity contribution is 7.89. The number of carbonyl (C=O) groups is 1. The van der Waals surface area contributed by atoms with Gasteiger partial charge in [0, 0.05) is 33.2 Å². The molecule has 0 saturated carbocycles. The highest BCUT2D eigenvalue weighted by Crippen LogP contribution is 2.24. The molecule has 0 radical (unpaired) electrons. The molecule has 0 aromatic heterocycles. The molecule has 134 valence electrons. The zero-order chi connectivity index (χ0) is 18.1. The molecular formula is C17H27N3O3S. The van der Waals surface area contributed by atoms with Crippen LogP contribution in [0.1, 0.15) is 16.7 Å². The Bertz CT molecular complexity index is 700. The molecule has 1 fully saturated rings. The van der Waals surface area contributed by atoms with Crippen LogP contribution in [0.4, 0.5) is 0 Å². The first-order valence-corrected chi connectivity index (χ1v) is 9.57. The molecule has 1 aliphatic rings. The van der Waals surface area contributed by atoms with Gasteiger partial charge < -0.3 is 9.80 Å². The van der Waals surface area contributed by atoms with E-state index in [9.17, 15) is 13.2 Å². The number of benzene rings is 1. The van der Waals surface area contributed by atoms with E-state index in [1.54, 1.807) is 18.7 Å². The minimum atomic E-state index is -3.69. The van der Waals surface area contributed by atoms with Gasteiger partial charge in [-0.3, -0.25) is 4.79 Å². The zero-order valence-electron chi connectivity index (χ0n) is 15.2. The molecule has 1 amide bonds. The molecule has 7 heteroatoms. The summed E-state index contributed by atoms with van der Waals surface area (Å²) < 4.78 is 27.0. The van der Waals surface area contributed by atoms with E-state index in [2.05, 4.69) is 4.90 Å². The van der Waals surface area contributed by atoms with Gasteiger partial charge in [-0.25, -0.2) is 8.42 Å². The van der Waals surface area contributed by atoms with Crippen LogP contribution in [0.2, 0.25) is 0 Å². The molecule has 2 rings (SSSR count). The minimum Gasteiger partial charge on any atom is -0.339 e. The Labute approximate surface area is 145 Å². The maximum absolute atomic E-state index is 12.9. The highest BCUT2D eigenvalue weighted by Gasteiger charge is 2.28. The standard InChI is InChI=1S/C17H27N3O3S/c1-13-10-14(2)17(15(3)11-13)24(22,23)19(5)12-16(21)20-8-6-18(4)7-9-20/h10-11H,6-9,12H2,1-5H3. The molecular weight excluding hydrogens is 326 g/mol. The molecule has 0 atom stereocenters. The number of hydrogen-bond acceptors (Lipinski definition) is 4. The van der Waals surface area contributed by atoms with E-state index >= 15 is 0 Å². The van der Waals surface area contributed by atoms with Crippen molar-refractivity contribution >= 4 is 15.9 Å². The Morgan fingerprint density at radius 3 is 2.08 bits per heavy atom. The zero-order valence-corrected chi connectivity index (χ0v) is 16.0. The number of amides is 1. The van der Waals surface area contributed by atoms with Crippen molar-refractivity contribution in [3.63, 3.8) is 0 Å². The number of likely N-dealkylation sites (N-methyl/N-ethyl adjacent to an activating group) is 2. The van der Waals surface area contributed by atoms with E-state index in [1.165, 1.54) is 11.4 Å². The lowest BCUT2D eigenvalue weighted by atomic mass is 10.1. The second-order valence-corrected chi connectivity index (χ2v) is 8.65. The number of carbonyl (C=O) groups excluding carboxylic acids is 1. The first-order chi connectivity index (χ1) is 11.1. The van der Waals surface area contributed by atoms with Crippen molar-refractivity contribution < 1.29 is 13.2 Å². The van der Waals surface area contributed by atoms with Crippen LogP contribution in [-0.2, 0) is 14.8 Å². The van der Waals surface area contributed by atoms with Crippen molar-refractivity contribution in [2.45, 2.75) is 25.7 Å². The maximum Gasteiger partial charge on any atom is 0.243 e. The van der Waals surface area contributed by atoms with E-state index in [4.69, 9.17) is 0 Å². The lowest BCUT2D eigenvalue weighted by Gasteiger charge is -2.33. The molecule has 6 nitrogen and oxygen atoms in total. The quantitative estimate of drug-likeness (QED) is 0.810. The van der Waals surface area contributed by atoms with Crippen LogP contribution in [0.15, 0.2) is 17.0 Å². The first-order valence-electron chi connectivity index (χ1n) is 8.13. The molecule has 24 heavy (non-hydrogen) atoms. The number of nitrogens with zero attached hydrogens (tertiary/aromatic N) is 3. The molecule has 0 aliphatic carbocycles. The van der Waals surface area contributed by atoms with Gasteiger partial charge in [0.1, 0.15) is 0 Å². The second kappa shape index (κ2) is 7.21. The Morgan fingerprint density at radius 2 is 1.58 bits per heavy atom. The average molecular weight is 353 g/mol. The maximum atomic E-state index is 12.9. The largest absolute Gasteiger partial charge is 0.339 e. The predicted molar refractivity (Wildman–Crippen MR) is 94.5 cm³/mol. The molecule has 1 aromatic carbocycles.